The predicted molar refractivity (Wildman–Crippen MR) is 52.9 cm³/mol. The van der Waals surface area contributed by atoms with E-state index >= 15 is 0 Å². The Bertz CT molecular complexity index is 299. The van der Waals surface area contributed by atoms with Crippen LogP contribution in [-0.2, 0) is 6.54 Å². The van der Waals surface area contributed by atoms with Crippen molar-refractivity contribution in [2.75, 3.05) is 0 Å². The molecule has 5 heteroatoms. The molecule has 1 rings (SSSR count). The van der Waals surface area contributed by atoms with Crippen LogP contribution < -0.4 is 11.6 Å². The van der Waals surface area contributed by atoms with Gasteiger partial charge >= 0.3 is 0 Å². The summed E-state index contributed by atoms with van der Waals surface area (Å²) in [6.07, 6.45) is 0. The van der Waals surface area contributed by atoms with Crippen molar-refractivity contribution in [1.29, 1.82) is 0 Å². The maximum absolute atomic E-state index is 12.5. The lowest BCUT2D eigenvalue weighted by Gasteiger charge is -2.15. The molecule has 0 fully saturated rings. The first-order valence-electron chi connectivity index (χ1n) is 3.65. The maximum Gasteiger partial charge on any atom is 0.180 e. The van der Waals surface area contributed by atoms with Crippen LogP contribution in [0.3, 0.4) is 0 Å². The minimum absolute atomic E-state index is 0.115. The van der Waals surface area contributed by atoms with Gasteiger partial charge < -0.3 is 5.73 Å². The van der Waals surface area contributed by atoms with Gasteiger partial charge in [0.15, 0.2) is 5.11 Å². The Labute approximate surface area is 81.1 Å². The van der Waals surface area contributed by atoms with E-state index < -0.39 is 0 Å². The lowest BCUT2D eigenvalue weighted by molar-refractivity contribution is 0.437. The Balaban J connectivity index is 2.64. The summed E-state index contributed by atoms with van der Waals surface area (Å²) in [5, 5.41) is 1.34. The molecule has 1 aromatic carbocycles. The molecule has 1 aromatic rings. The highest BCUT2D eigenvalue weighted by Gasteiger charge is 2.01. The van der Waals surface area contributed by atoms with Gasteiger partial charge in [-0.15, -0.1) is 0 Å². The van der Waals surface area contributed by atoms with Crippen molar-refractivity contribution in [3.8, 4) is 0 Å². The molecule has 0 heterocycles. The van der Waals surface area contributed by atoms with Gasteiger partial charge in [0.1, 0.15) is 5.82 Å². The smallest absolute Gasteiger partial charge is 0.180 e. The van der Waals surface area contributed by atoms with Crippen molar-refractivity contribution in [1.82, 2.24) is 5.01 Å². The summed E-state index contributed by atoms with van der Waals surface area (Å²) in [5.74, 6) is 5.18. The number of hydrogen-bond donors (Lipinski definition) is 2. The Kier molecular flexibility index (Phi) is 3.16. The number of hydrazine groups is 1. The van der Waals surface area contributed by atoms with Gasteiger partial charge in [-0.25, -0.2) is 10.2 Å². The summed E-state index contributed by atoms with van der Waals surface area (Å²) in [4.78, 5) is 0. The molecule has 70 valence electrons. The largest absolute Gasteiger partial charge is 0.375 e. The van der Waals surface area contributed by atoms with Gasteiger partial charge in [-0.1, -0.05) is 12.1 Å². The summed E-state index contributed by atoms with van der Waals surface area (Å²) < 4.78 is 12.5. The summed E-state index contributed by atoms with van der Waals surface area (Å²) >= 11 is 4.65. The molecule has 0 unspecified atom stereocenters. The minimum Gasteiger partial charge on any atom is -0.375 e. The van der Waals surface area contributed by atoms with Crippen molar-refractivity contribution in [2.24, 2.45) is 11.6 Å². The van der Waals surface area contributed by atoms with E-state index in [9.17, 15) is 4.39 Å². The molecule has 3 nitrogen and oxygen atoms in total. The normalized spacial score (nSPS) is 9.69. The number of nitrogens with two attached hydrogens (primary N) is 2. The van der Waals surface area contributed by atoms with E-state index in [0.717, 1.165) is 5.56 Å². The zero-order chi connectivity index (χ0) is 9.84. The fourth-order valence-corrected chi connectivity index (χ4v) is 0.929. The highest BCUT2D eigenvalue weighted by Crippen LogP contribution is 2.04. The standard InChI is InChI=1S/C8H10FN3S/c9-7-3-1-6(2-4-7)5-12(11)8(10)13/h1-4H,5,11H2,(H2,10,13). The summed E-state index contributed by atoms with van der Waals surface area (Å²) in [7, 11) is 0. The number of nitrogens with zero attached hydrogens (tertiary/aromatic N) is 1. The monoisotopic (exact) mass is 199 g/mol. The molecule has 0 aliphatic rings. The summed E-state index contributed by atoms with van der Waals surface area (Å²) in [6.45, 7) is 0.385. The second kappa shape index (κ2) is 4.15. The van der Waals surface area contributed by atoms with Crippen LogP contribution in [0.4, 0.5) is 4.39 Å². The number of hydrogen-bond acceptors (Lipinski definition) is 2. The molecule has 0 atom stereocenters. The maximum atomic E-state index is 12.5. The molecule has 4 N–H and O–H groups in total. The molecule has 0 aromatic heterocycles. The van der Waals surface area contributed by atoms with E-state index in [1.54, 1.807) is 12.1 Å². The van der Waals surface area contributed by atoms with Crippen molar-refractivity contribution in [3.05, 3.63) is 35.6 Å². The van der Waals surface area contributed by atoms with Gasteiger partial charge in [-0.05, 0) is 29.9 Å². The predicted octanol–water partition coefficient (Wildman–Crippen LogP) is 0.745. The van der Waals surface area contributed by atoms with Gasteiger partial charge in [0.2, 0.25) is 0 Å². The van der Waals surface area contributed by atoms with Gasteiger partial charge in [-0.3, -0.25) is 5.01 Å². The summed E-state index contributed by atoms with van der Waals surface area (Å²) in [5.41, 5.74) is 6.13. The SMILES string of the molecule is NC(=S)N(N)Cc1ccc(F)cc1. The van der Waals surface area contributed by atoms with Crippen LogP contribution in [0.1, 0.15) is 5.56 Å². The van der Waals surface area contributed by atoms with E-state index in [2.05, 4.69) is 12.2 Å². The first-order valence-corrected chi connectivity index (χ1v) is 4.06. The molecular formula is C8H10FN3S. The van der Waals surface area contributed by atoms with E-state index in [1.807, 2.05) is 0 Å². The third-order valence-electron chi connectivity index (χ3n) is 1.55. The van der Waals surface area contributed by atoms with Crippen molar-refractivity contribution < 1.29 is 4.39 Å². The van der Waals surface area contributed by atoms with Crippen LogP contribution in [0, 0.1) is 5.82 Å². The van der Waals surface area contributed by atoms with Crippen LogP contribution in [-0.4, -0.2) is 10.1 Å². The van der Waals surface area contributed by atoms with Crippen LogP contribution >= 0.6 is 12.2 Å². The molecule has 0 aliphatic carbocycles. The molecule has 0 radical (unpaired) electrons. The summed E-state index contributed by atoms with van der Waals surface area (Å²) in [6, 6.07) is 5.99. The van der Waals surface area contributed by atoms with Crippen LogP contribution in [0.2, 0.25) is 0 Å². The molecular weight excluding hydrogens is 189 g/mol. The highest BCUT2D eigenvalue weighted by atomic mass is 32.1. The Morgan fingerprint density at radius 3 is 2.38 bits per heavy atom. The second-order valence-electron chi connectivity index (χ2n) is 2.59. The van der Waals surface area contributed by atoms with Crippen LogP contribution in [0.5, 0.6) is 0 Å². The van der Waals surface area contributed by atoms with Gasteiger partial charge in [0.25, 0.3) is 0 Å². The first-order chi connectivity index (χ1) is 6.09. The number of thiocarbonyl (C=S) groups is 1. The fourth-order valence-electron chi connectivity index (χ4n) is 0.864. The second-order valence-corrected chi connectivity index (χ2v) is 3.01. The highest BCUT2D eigenvalue weighted by molar-refractivity contribution is 7.80. The Morgan fingerprint density at radius 1 is 1.38 bits per heavy atom. The minimum atomic E-state index is -0.275. The van der Waals surface area contributed by atoms with Crippen LogP contribution in [0.15, 0.2) is 24.3 Å². The molecule has 0 spiro atoms. The lowest BCUT2D eigenvalue weighted by Crippen LogP contribution is -2.40. The number of benzene rings is 1. The lowest BCUT2D eigenvalue weighted by atomic mass is 10.2. The Morgan fingerprint density at radius 2 is 1.92 bits per heavy atom. The van der Waals surface area contributed by atoms with Crippen molar-refractivity contribution in [3.63, 3.8) is 0 Å². The Hall–Kier alpha value is -1.20. The zero-order valence-electron chi connectivity index (χ0n) is 6.90. The average Bonchev–Trinajstić information content (AvgIpc) is 2.08. The first kappa shape index (κ1) is 9.88. The number of rotatable bonds is 2. The van der Waals surface area contributed by atoms with E-state index in [4.69, 9.17) is 11.6 Å². The third-order valence-corrected chi connectivity index (χ3v) is 1.78. The van der Waals surface area contributed by atoms with Crippen molar-refractivity contribution in [2.45, 2.75) is 6.54 Å². The van der Waals surface area contributed by atoms with E-state index in [-0.39, 0.29) is 10.9 Å². The van der Waals surface area contributed by atoms with E-state index in [1.165, 1.54) is 17.1 Å². The van der Waals surface area contributed by atoms with E-state index in [0.29, 0.717) is 6.54 Å². The molecule has 0 saturated heterocycles. The van der Waals surface area contributed by atoms with Gasteiger partial charge in [0, 0.05) is 0 Å². The van der Waals surface area contributed by atoms with Gasteiger partial charge in [0.05, 0.1) is 6.54 Å². The molecule has 0 saturated carbocycles. The number of halogens is 1. The van der Waals surface area contributed by atoms with Crippen LogP contribution in [0.25, 0.3) is 0 Å². The quantitative estimate of drug-likeness (QED) is 0.419. The average molecular weight is 199 g/mol. The third kappa shape index (κ3) is 2.96. The molecule has 0 amide bonds. The molecule has 0 aliphatic heterocycles. The fraction of sp³-hybridized carbons (Fsp3) is 0.125. The zero-order valence-corrected chi connectivity index (χ0v) is 7.72. The van der Waals surface area contributed by atoms with Crippen molar-refractivity contribution >= 4 is 17.3 Å². The van der Waals surface area contributed by atoms with Gasteiger partial charge in [-0.2, -0.15) is 0 Å². The molecule has 0 bridgehead atoms. The molecule has 13 heavy (non-hydrogen) atoms. The topological polar surface area (TPSA) is 55.3 Å².